The number of aliphatic hydroxyl groups excluding tert-OH is 1. The highest BCUT2D eigenvalue weighted by Crippen LogP contribution is 2.21. The van der Waals surface area contributed by atoms with E-state index in [0.717, 1.165) is 23.4 Å². The first-order valence-electron chi connectivity index (χ1n) is 5.93. The second-order valence-electron chi connectivity index (χ2n) is 4.37. The Bertz CT molecular complexity index is 495. The van der Waals surface area contributed by atoms with Crippen molar-refractivity contribution >= 4 is 0 Å². The Balaban J connectivity index is 2.26. The number of aromatic nitrogens is 3. The van der Waals surface area contributed by atoms with E-state index in [0.29, 0.717) is 6.54 Å². The summed E-state index contributed by atoms with van der Waals surface area (Å²) in [6.07, 6.45) is 5.56. The molecule has 0 unspecified atom stereocenters. The standard InChI is InChI=1S/C13H18N4O/c1-16(7-8-18)9-12-10-17(2)15-13(12)11-3-5-14-6-4-11/h3-6,10,18H,7-9H2,1-2H3. The summed E-state index contributed by atoms with van der Waals surface area (Å²) < 4.78 is 1.82. The van der Waals surface area contributed by atoms with Gasteiger partial charge in [-0.05, 0) is 19.2 Å². The lowest BCUT2D eigenvalue weighted by Crippen LogP contribution is -2.21. The quantitative estimate of drug-likeness (QED) is 0.852. The van der Waals surface area contributed by atoms with Gasteiger partial charge >= 0.3 is 0 Å². The predicted octanol–water partition coefficient (Wildman–Crippen LogP) is 0.906. The van der Waals surface area contributed by atoms with Crippen LogP contribution in [0.15, 0.2) is 30.7 Å². The summed E-state index contributed by atoms with van der Waals surface area (Å²) in [5.41, 5.74) is 3.20. The molecule has 0 aliphatic rings. The molecule has 1 N–H and O–H groups in total. The topological polar surface area (TPSA) is 54.2 Å². The minimum absolute atomic E-state index is 0.168. The molecule has 0 aromatic carbocycles. The molecule has 0 fully saturated rings. The molecule has 2 heterocycles. The Morgan fingerprint density at radius 3 is 2.72 bits per heavy atom. The summed E-state index contributed by atoms with van der Waals surface area (Å²) in [6.45, 7) is 1.60. The lowest BCUT2D eigenvalue weighted by atomic mass is 10.1. The van der Waals surface area contributed by atoms with Crippen LogP contribution in [0.1, 0.15) is 5.56 Å². The van der Waals surface area contributed by atoms with Gasteiger partial charge < -0.3 is 5.11 Å². The van der Waals surface area contributed by atoms with E-state index in [9.17, 15) is 0 Å². The fourth-order valence-corrected chi connectivity index (χ4v) is 1.95. The molecule has 5 nitrogen and oxygen atoms in total. The molecule has 2 aromatic rings. The first-order valence-corrected chi connectivity index (χ1v) is 5.93. The molecule has 96 valence electrons. The van der Waals surface area contributed by atoms with Gasteiger partial charge in [0.1, 0.15) is 0 Å². The van der Waals surface area contributed by atoms with Crippen molar-refractivity contribution in [1.29, 1.82) is 0 Å². The second kappa shape index (κ2) is 5.75. The number of likely N-dealkylation sites (N-methyl/N-ethyl adjacent to an activating group) is 1. The van der Waals surface area contributed by atoms with Gasteiger partial charge in [-0.3, -0.25) is 14.6 Å². The molecule has 0 aliphatic heterocycles. The summed E-state index contributed by atoms with van der Waals surface area (Å²) in [5, 5.41) is 13.4. The van der Waals surface area contributed by atoms with Gasteiger partial charge in [0.05, 0.1) is 12.3 Å². The Hall–Kier alpha value is -1.72. The van der Waals surface area contributed by atoms with Crippen molar-refractivity contribution < 1.29 is 5.11 Å². The molecular formula is C13H18N4O. The smallest absolute Gasteiger partial charge is 0.0969 e. The van der Waals surface area contributed by atoms with Crippen molar-refractivity contribution in [1.82, 2.24) is 19.7 Å². The van der Waals surface area contributed by atoms with Gasteiger partial charge in [0, 0.05) is 49.9 Å². The van der Waals surface area contributed by atoms with Crippen molar-refractivity contribution in [2.75, 3.05) is 20.2 Å². The first kappa shape index (κ1) is 12.7. The van der Waals surface area contributed by atoms with Crippen molar-refractivity contribution in [3.8, 4) is 11.3 Å². The lowest BCUT2D eigenvalue weighted by Gasteiger charge is -2.14. The van der Waals surface area contributed by atoms with Crippen molar-refractivity contribution in [2.24, 2.45) is 7.05 Å². The highest BCUT2D eigenvalue weighted by atomic mass is 16.3. The molecule has 0 saturated carbocycles. The minimum Gasteiger partial charge on any atom is -0.395 e. The maximum atomic E-state index is 8.94. The molecule has 0 saturated heterocycles. The van der Waals surface area contributed by atoms with E-state index < -0.39 is 0 Å². The third kappa shape index (κ3) is 2.94. The van der Waals surface area contributed by atoms with Crippen LogP contribution in [0.25, 0.3) is 11.3 Å². The number of hydrogen-bond acceptors (Lipinski definition) is 4. The zero-order chi connectivity index (χ0) is 13.0. The average Bonchev–Trinajstić information content (AvgIpc) is 2.71. The molecule has 0 bridgehead atoms. The number of aliphatic hydroxyl groups is 1. The van der Waals surface area contributed by atoms with Crippen LogP contribution in [-0.4, -0.2) is 45.0 Å². The minimum atomic E-state index is 0.168. The Morgan fingerprint density at radius 2 is 2.06 bits per heavy atom. The Labute approximate surface area is 107 Å². The van der Waals surface area contributed by atoms with Crippen LogP contribution in [-0.2, 0) is 13.6 Å². The number of hydrogen-bond donors (Lipinski definition) is 1. The number of nitrogens with zero attached hydrogens (tertiary/aromatic N) is 4. The number of rotatable bonds is 5. The third-order valence-corrected chi connectivity index (χ3v) is 2.78. The fourth-order valence-electron chi connectivity index (χ4n) is 1.95. The highest BCUT2D eigenvalue weighted by molar-refractivity contribution is 5.61. The van der Waals surface area contributed by atoms with Gasteiger partial charge in [0.15, 0.2) is 0 Å². The molecule has 0 amide bonds. The molecular weight excluding hydrogens is 228 g/mol. The Kier molecular flexibility index (Phi) is 4.07. The third-order valence-electron chi connectivity index (χ3n) is 2.78. The van der Waals surface area contributed by atoms with Gasteiger partial charge in [0.25, 0.3) is 0 Å². The summed E-state index contributed by atoms with van der Waals surface area (Å²) >= 11 is 0. The maximum absolute atomic E-state index is 8.94. The van der Waals surface area contributed by atoms with E-state index in [-0.39, 0.29) is 6.61 Å². The van der Waals surface area contributed by atoms with Gasteiger partial charge in [-0.1, -0.05) is 0 Å². The van der Waals surface area contributed by atoms with Gasteiger partial charge in [-0.15, -0.1) is 0 Å². The SMILES string of the molecule is CN(CCO)Cc1cn(C)nc1-c1ccncc1. The van der Waals surface area contributed by atoms with Gasteiger partial charge in [0.2, 0.25) is 0 Å². The zero-order valence-corrected chi connectivity index (χ0v) is 10.7. The van der Waals surface area contributed by atoms with Crippen LogP contribution in [0.4, 0.5) is 0 Å². The highest BCUT2D eigenvalue weighted by Gasteiger charge is 2.11. The maximum Gasteiger partial charge on any atom is 0.0969 e. The van der Waals surface area contributed by atoms with Crippen LogP contribution in [0.3, 0.4) is 0 Å². The van der Waals surface area contributed by atoms with E-state index in [1.54, 1.807) is 12.4 Å². The largest absolute Gasteiger partial charge is 0.395 e. The average molecular weight is 246 g/mol. The molecule has 0 radical (unpaired) electrons. The molecule has 2 aromatic heterocycles. The summed E-state index contributed by atoms with van der Waals surface area (Å²) in [5.74, 6) is 0. The van der Waals surface area contributed by atoms with Crippen LogP contribution in [0.5, 0.6) is 0 Å². The van der Waals surface area contributed by atoms with E-state index in [1.165, 1.54) is 0 Å². The lowest BCUT2D eigenvalue weighted by molar-refractivity contribution is 0.217. The normalized spacial score (nSPS) is 11.1. The van der Waals surface area contributed by atoms with E-state index in [1.807, 2.05) is 37.1 Å². The Morgan fingerprint density at radius 1 is 1.33 bits per heavy atom. The second-order valence-corrected chi connectivity index (χ2v) is 4.37. The first-order chi connectivity index (χ1) is 8.70. The molecule has 0 atom stereocenters. The fraction of sp³-hybridized carbons (Fsp3) is 0.385. The summed E-state index contributed by atoms with van der Waals surface area (Å²) in [6, 6.07) is 3.91. The van der Waals surface area contributed by atoms with Crippen LogP contribution < -0.4 is 0 Å². The van der Waals surface area contributed by atoms with Crippen LogP contribution >= 0.6 is 0 Å². The zero-order valence-electron chi connectivity index (χ0n) is 10.7. The summed E-state index contributed by atoms with van der Waals surface area (Å²) in [7, 11) is 3.90. The van der Waals surface area contributed by atoms with Crippen LogP contribution in [0, 0.1) is 0 Å². The van der Waals surface area contributed by atoms with E-state index in [2.05, 4.69) is 15.0 Å². The van der Waals surface area contributed by atoms with Crippen LogP contribution in [0.2, 0.25) is 0 Å². The molecule has 18 heavy (non-hydrogen) atoms. The van der Waals surface area contributed by atoms with E-state index >= 15 is 0 Å². The molecule has 0 spiro atoms. The monoisotopic (exact) mass is 246 g/mol. The van der Waals surface area contributed by atoms with Gasteiger partial charge in [-0.25, -0.2) is 0 Å². The van der Waals surface area contributed by atoms with E-state index in [4.69, 9.17) is 5.11 Å². The molecule has 5 heteroatoms. The predicted molar refractivity (Wildman–Crippen MR) is 69.9 cm³/mol. The van der Waals surface area contributed by atoms with Crippen molar-refractivity contribution in [3.05, 3.63) is 36.3 Å². The van der Waals surface area contributed by atoms with Crippen molar-refractivity contribution in [3.63, 3.8) is 0 Å². The number of aryl methyl sites for hydroxylation is 1. The molecule has 0 aliphatic carbocycles. The van der Waals surface area contributed by atoms with Crippen molar-refractivity contribution in [2.45, 2.75) is 6.54 Å². The number of pyridine rings is 1. The van der Waals surface area contributed by atoms with Gasteiger partial charge in [-0.2, -0.15) is 5.10 Å². The molecule has 2 rings (SSSR count). The summed E-state index contributed by atoms with van der Waals surface area (Å²) in [4.78, 5) is 6.09.